The molecule has 146 valence electrons. The third-order valence-corrected chi connectivity index (χ3v) is 5.79. The molecule has 4 N–H and O–H groups in total. The van der Waals surface area contributed by atoms with Crippen LogP contribution in [0, 0.1) is 17.7 Å². The molecule has 9 heteroatoms. The lowest BCUT2D eigenvalue weighted by molar-refractivity contribution is 0.0756. The molecule has 2 saturated carbocycles. The summed E-state index contributed by atoms with van der Waals surface area (Å²) in [6.45, 7) is 0. The number of carbonyl (C=O) groups excluding carboxylic acids is 1. The molecule has 2 aliphatic rings. The van der Waals surface area contributed by atoms with E-state index in [0.29, 0.717) is 11.8 Å². The van der Waals surface area contributed by atoms with Crippen LogP contribution < -0.4 is 15.8 Å². The molecule has 1 aromatic rings. The standard InChI is InChI=1S/C17H24FN3O3S.ClH/c1-25(23,24)21-15-6-5-12(18)9-14(15)17(22)20-16-10-3-2-4-11(16)8-13(19)7-10;/h5-6,9-11,13,16,21H,2-4,7-8,19H2,1H3,(H,20,22);1H. The Labute approximate surface area is 159 Å². The number of halogens is 2. The van der Waals surface area contributed by atoms with Crippen LogP contribution in [0.2, 0.25) is 0 Å². The normalized spacial score (nSPS) is 28.0. The van der Waals surface area contributed by atoms with E-state index in [-0.39, 0.29) is 35.7 Å². The Hall–Kier alpha value is -1.38. The second-order valence-electron chi connectivity index (χ2n) is 7.25. The van der Waals surface area contributed by atoms with Gasteiger partial charge in [0.05, 0.1) is 17.5 Å². The molecular formula is C17H25ClFN3O3S. The number of sulfonamides is 1. The van der Waals surface area contributed by atoms with Crippen molar-refractivity contribution >= 4 is 34.0 Å². The highest BCUT2D eigenvalue weighted by Crippen LogP contribution is 2.39. The zero-order valence-electron chi connectivity index (χ0n) is 14.6. The monoisotopic (exact) mass is 405 g/mol. The molecule has 0 saturated heterocycles. The van der Waals surface area contributed by atoms with Gasteiger partial charge in [0, 0.05) is 12.1 Å². The highest BCUT2D eigenvalue weighted by atomic mass is 35.5. The predicted octanol–water partition coefficient (Wildman–Crippen LogP) is 2.25. The van der Waals surface area contributed by atoms with Crippen molar-refractivity contribution in [3.8, 4) is 0 Å². The second kappa shape index (κ2) is 8.10. The fourth-order valence-corrected chi connectivity index (χ4v) is 4.82. The predicted molar refractivity (Wildman–Crippen MR) is 101 cm³/mol. The smallest absolute Gasteiger partial charge is 0.253 e. The molecule has 1 amide bonds. The lowest BCUT2D eigenvalue weighted by atomic mass is 9.67. The van der Waals surface area contributed by atoms with Gasteiger partial charge in [-0.05, 0) is 55.7 Å². The Bertz CT molecular complexity index is 761. The topological polar surface area (TPSA) is 101 Å². The van der Waals surface area contributed by atoms with E-state index in [1.165, 1.54) is 6.07 Å². The molecule has 0 aliphatic heterocycles. The van der Waals surface area contributed by atoms with Crippen molar-refractivity contribution in [3.05, 3.63) is 29.6 Å². The summed E-state index contributed by atoms with van der Waals surface area (Å²) < 4.78 is 38.9. The maximum Gasteiger partial charge on any atom is 0.253 e. The minimum Gasteiger partial charge on any atom is -0.349 e. The zero-order chi connectivity index (χ0) is 18.2. The van der Waals surface area contributed by atoms with E-state index in [4.69, 9.17) is 5.73 Å². The van der Waals surface area contributed by atoms with Crippen LogP contribution in [0.1, 0.15) is 42.5 Å². The number of nitrogens with two attached hydrogens (primary N) is 1. The molecule has 0 heterocycles. The average molecular weight is 406 g/mol. The van der Waals surface area contributed by atoms with E-state index in [0.717, 1.165) is 50.5 Å². The molecule has 2 atom stereocenters. The first-order valence-electron chi connectivity index (χ1n) is 8.57. The van der Waals surface area contributed by atoms with E-state index < -0.39 is 21.7 Å². The Morgan fingerprint density at radius 1 is 1.23 bits per heavy atom. The van der Waals surface area contributed by atoms with E-state index in [2.05, 4.69) is 10.0 Å². The van der Waals surface area contributed by atoms with Gasteiger partial charge in [0.25, 0.3) is 5.91 Å². The van der Waals surface area contributed by atoms with E-state index in [9.17, 15) is 17.6 Å². The minimum atomic E-state index is -3.57. The Morgan fingerprint density at radius 2 is 1.85 bits per heavy atom. The summed E-state index contributed by atoms with van der Waals surface area (Å²) in [5.41, 5.74) is 6.18. The number of benzene rings is 1. The van der Waals surface area contributed by atoms with Crippen LogP contribution >= 0.6 is 12.4 Å². The number of nitrogens with one attached hydrogen (secondary N) is 2. The molecule has 3 rings (SSSR count). The van der Waals surface area contributed by atoms with Crippen molar-refractivity contribution in [2.75, 3.05) is 11.0 Å². The van der Waals surface area contributed by atoms with Gasteiger partial charge in [-0.2, -0.15) is 0 Å². The fraction of sp³-hybridized carbons (Fsp3) is 0.588. The number of amides is 1. The van der Waals surface area contributed by atoms with Gasteiger partial charge in [-0.3, -0.25) is 9.52 Å². The van der Waals surface area contributed by atoms with E-state index >= 15 is 0 Å². The van der Waals surface area contributed by atoms with Crippen molar-refractivity contribution in [2.45, 2.75) is 44.2 Å². The van der Waals surface area contributed by atoms with Gasteiger partial charge in [0.1, 0.15) is 5.82 Å². The van der Waals surface area contributed by atoms with Crippen LogP contribution in [-0.4, -0.2) is 32.7 Å². The molecular weight excluding hydrogens is 381 g/mol. The van der Waals surface area contributed by atoms with Gasteiger partial charge in [-0.15, -0.1) is 12.4 Å². The first kappa shape index (κ1) is 20.9. The van der Waals surface area contributed by atoms with Crippen LogP contribution in [0.15, 0.2) is 18.2 Å². The van der Waals surface area contributed by atoms with Crippen molar-refractivity contribution in [2.24, 2.45) is 17.6 Å². The van der Waals surface area contributed by atoms with Gasteiger partial charge in [0.15, 0.2) is 0 Å². The molecule has 26 heavy (non-hydrogen) atoms. The maximum atomic E-state index is 13.6. The van der Waals surface area contributed by atoms with Gasteiger partial charge in [-0.1, -0.05) is 6.42 Å². The van der Waals surface area contributed by atoms with Crippen LogP contribution in [0.5, 0.6) is 0 Å². The summed E-state index contributed by atoms with van der Waals surface area (Å²) in [5, 5.41) is 3.02. The molecule has 0 radical (unpaired) electrons. The van der Waals surface area contributed by atoms with Gasteiger partial charge < -0.3 is 11.1 Å². The molecule has 1 aromatic carbocycles. The summed E-state index contributed by atoms with van der Waals surface area (Å²) in [5.74, 6) is -0.393. The number of hydrogen-bond donors (Lipinski definition) is 3. The quantitative estimate of drug-likeness (QED) is 0.715. The summed E-state index contributed by atoms with van der Waals surface area (Å²) in [6, 6.07) is 3.63. The lowest BCUT2D eigenvalue weighted by Crippen LogP contribution is -2.53. The summed E-state index contributed by atoms with van der Waals surface area (Å²) in [6.07, 6.45) is 5.91. The van der Waals surface area contributed by atoms with Gasteiger partial charge in [-0.25, -0.2) is 12.8 Å². The minimum absolute atomic E-state index is 0. The average Bonchev–Trinajstić information content (AvgIpc) is 2.48. The molecule has 2 unspecified atom stereocenters. The SMILES string of the molecule is CS(=O)(=O)Nc1ccc(F)cc1C(=O)NC1C2CCCC1CC(N)C2.Cl. The lowest BCUT2D eigenvalue weighted by Gasteiger charge is -2.45. The number of hydrogen-bond acceptors (Lipinski definition) is 4. The first-order valence-corrected chi connectivity index (χ1v) is 10.5. The molecule has 2 bridgehead atoms. The zero-order valence-corrected chi connectivity index (χ0v) is 16.2. The number of carbonyl (C=O) groups is 1. The molecule has 2 fully saturated rings. The fourth-order valence-electron chi connectivity index (χ4n) is 4.25. The van der Waals surface area contributed by atoms with Crippen LogP contribution in [-0.2, 0) is 10.0 Å². The maximum absolute atomic E-state index is 13.6. The van der Waals surface area contributed by atoms with Crippen LogP contribution in [0.3, 0.4) is 0 Å². The van der Waals surface area contributed by atoms with Gasteiger partial charge >= 0.3 is 0 Å². The van der Waals surface area contributed by atoms with Crippen molar-refractivity contribution in [1.82, 2.24) is 5.32 Å². The van der Waals surface area contributed by atoms with E-state index in [1.807, 2.05) is 0 Å². The van der Waals surface area contributed by atoms with Crippen LogP contribution in [0.25, 0.3) is 0 Å². The third kappa shape index (κ3) is 4.86. The number of rotatable bonds is 4. The Kier molecular flexibility index (Phi) is 6.52. The van der Waals surface area contributed by atoms with E-state index in [1.54, 1.807) is 0 Å². The van der Waals surface area contributed by atoms with Crippen molar-refractivity contribution in [3.63, 3.8) is 0 Å². The number of fused-ring (bicyclic) bond motifs is 2. The summed E-state index contributed by atoms with van der Waals surface area (Å²) in [4.78, 5) is 12.7. The van der Waals surface area contributed by atoms with Crippen LogP contribution in [0.4, 0.5) is 10.1 Å². The van der Waals surface area contributed by atoms with Crippen molar-refractivity contribution in [1.29, 1.82) is 0 Å². The first-order chi connectivity index (χ1) is 11.7. The van der Waals surface area contributed by atoms with Crippen molar-refractivity contribution < 1.29 is 17.6 Å². The molecule has 2 aliphatic carbocycles. The van der Waals surface area contributed by atoms with Gasteiger partial charge in [0.2, 0.25) is 10.0 Å². The molecule has 0 spiro atoms. The highest BCUT2D eigenvalue weighted by molar-refractivity contribution is 7.92. The molecule has 6 nitrogen and oxygen atoms in total. The summed E-state index contributed by atoms with van der Waals surface area (Å²) in [7, 11) is -3.57. The largest absolute Gasteiger partial charge is 0.349 e. The Balaban J connectivity index is 0.00000243. The highest BCUT2D eigenvalue weighted by Gasteiger charge is 2.40. The number of anilines is 1. The molecule has 0 aromatic heterocycles. The second-order valence-corrected chi connectivity index (χ2v) is 8.99. The summed E-state index contributed by atoms with van der Waals surface area (Å²) >= 11 is 0. The Morgan fingerprint density at radius 3 is 2.42 bits per heavy atom. The third-order valence-electron chi connectivity index (χ3n) is 5.20.